The SMILES string of the molecule is N[C@H]1CCc2ccccc2N(CC(=O)OCc2ccccc2)C1=O. The number of ether oxygens (including phenoxy) is 1. The molecule has 1 heterocycles. The van der Waals surface area contributed by atoms with Crippen molar-refractivity contribution in [2.45, 2.75) is 25.5 Å². The number of hydrogen-bond acceptors (Lipinski definition) is 4. The third-order valence-corrected chi connectivity index (χ3v) is 4.12. The Kier molecular flexibility index (Phi) is 4.91. The summed E-state index contributed by atoms with van der Waals surface area (Å²) in [4.78, 5) is 26.2. The van der Waals surface area contributed by atoms with Crippen molar-refractivity contribution in [2.24, 2.45) is 5.73 Å². The van der Waals surface area contributed by atoms with E-state index in [1.807, 2.05) is 54.6 Å². The molecular formula is C19H20N2O3. The summed E-state index contributed by atoms with van der Waals surface area (Å²) in [6.45, 7) is 0.0613. The van der Waals surface area contributed by atoms with Crippen LogP contribution >= 0.6 is 0 Å². The molecule has 0 radical (unpaired) electrons. The summed E-state index contributed by atoms with van der Waals surface area (Å²) < 4.78 is 5.30. The molecule has 24 heavy (non-hydrogen) atoms. The Balaban J connectivity index is 1.72. The number of nitrogens with zero attached hydrogens (tertiary/aromatic N) is 1. The van der Waals surface area contributed by atoms with E-state index < -0.39 is 12.0 Å². The Morgan fingerprint density at radius 1 is 1.12 bits per heavy atom. The lowest BCUT2D eigenvalue weighted by Gasteiger charge is -2.23. The topological polar surface area (TPSA) is 72.6 Å². The molecule has 1 aliphatic rings. The van der Waals surface area contributed by atoms with Gasteiger partial charge >= 0.3 is 5.97 Å². The predicted molar refractivity (Wildman–Crippen MR) is 91.3 cm³/mol. The van der Waals surface area contributed by atoms with Crippen LogP contribution in [0.1, 0.15) is 17.5 Å². The maximum atomic E-state index is 12.5. The fourth-order valence-electron chi connectivity index (χ4n) is 2.81. The van der Waals surface area contributed by atoms with Crippen molar-refractivity contribution >= 4 is 17.6 Å². The molecule has 0 aromatic heterocycles. The van der Waals surface area contributed by atoms with E-state index in [2.05, 4.69) is 0 Å². The van der Waals surface area contributed by atoms with Crippen LogP contribution in [0.3, 0.4) is 0 Å². The molecule has 2 N–H and O–H groups in total. The second-order valence-electron chi connectivity index (χ2n) is 5.84. The molecule has 0 saturated carbocycles. The monoisotopic (exact) mass is 324 g/mol. The first kappa shape index (κ1) is 16.2. The maximum absolute atomic E-state index is 12.5. The van der Waals surface area contributed by atoms with Gasteiger partial charge in [-0.3, -0.25) is 14.5 Å². The zero-order valence-electron chi connectivity index (χ0n) is 13.4. The van der Waals surface area contributed by atoms with E-state index >= 15 is 0 Å². The number of hydrogen-bond donors (Lipinski definition) is 1. The summed E-state index contributed by atoms with van der Waals surface area (Å²) in [5, 5.41) is 0. The molecule has 0 spiro atoms. The van der Waals surface area contributed by atoms with Crippen molar-refractivity contribution in [3.8, 4) is 0 Å². The van der Waals surface area contributed by atoms with Crippen molar-refractivity contribution in [1.29, 1.82) is 0 Å². The average Bonchev–Trinajstić information content (AvgIpc) is 2.73. The van der Waals surface area contributed by atoms with Crippen LogP contribution in [-0.2, 0) is 27.4 Å². The number of aryl methyl sites for hydroxylation is 1. The number of para-hydroxylation sites is 1. The van der Waals surface area contributed by atoms with Gasteiger partial charge in [-0.2, -0.15) is 0 Å². The fraction of sp³-hybridized carbons (Fsp3) is 0.263. The molecule has 2 aromatic carbocycles. The highest BCUT2D eigenvalue weighted by atomic mass is 16.5. The highest BCUT2D eigenvalue weighted by Crippen LogP contribution is 2.26. The van der Waals surface area contributed by atoms with Crippen molar-refractivity contribution < 1.29 is 14.3 Å². The van der Waals surface area contributed by atoms with Gasteiger partial charge in [-0.15, -0.1) is 0 Å². The van der Waals surface area contributed by atoms with Gasteiger partial charge in [0.05, 0.1) is 6.04 Å². The molecular weight excluding hydrogens is 304 g/mol. The first-order valence-corrected chi connectivity index (χ1v) is 7.99. The highest BCUT2D eigenvalue weighted by molar-refractivity contribution is 6.01. The van der Waals surface area contributed by atoms with Gasteiger partial charge in [-0.1, -0.05) is 48.5 Å². The normalized spacial score (nSPS) is 17.1. The third kappa shape index (κ3) is 3.63. The molecule has 0 fully saturated rings. The molecule has 124 valence electrons. The quantitative estimate of drug-likeness (QED) is 0.874. The minimum atomic E-state index is -0.598. The molecule has 2 aromatic rings. The minimum absolute atomic E-state index is 0.129. The Labute approximate surface area is 141 Å². The van der Waals surface area contributed by atoms with Crippen LogP contribution in [0.4, 0.5) is 5.69 Å². The zero-order valence-corrected chi connectivity index (χ0v) is 13.4. The lowest BCUT2D eigenvalue weighted by molar-refractivity contribution is -0.144. The van der Waals surface area contributed by atoms with Gasteiger partial charge in [-0.05, 0) is 30.0 Å². The van der Waals surface area contributed by atoms with Crippen molar-refractivity contribution in [3.63, 3.8) is 0 Å². The Morgan fingerprint density at radius 2 is 1.83 bits per heavy atom. The fourth-order valence-corrected chi connectivity index (χ4v) is 2.81. The summed E-state index contributed by atoms with van der Waals surface area (Å²) in [6, 6.07) is 16.4. The number of anilines is 1. The van der Waals surface area contributed by atoms with E-state index in [1.54, 1.807) is 0 Å². The number of carbonyl (C=O) groups excluding carboxylic acids is 2. The number of fused-ring (bicyclic) bond motifs is 1. The number of benzene rings is 2. The first-order chi connectivity index (χ1) is 11.6. The van der Waals surface area contributed by atoms with E-state index in [-0.39, 0.29) is 19.1 Å². The molecule has 0 saturated heterocycles. The largest absolute Gasteiger partial charge is 0.459 e. The van der Waals surface area contributed by atoms with Crippen molar-refractivity contribution in [2.75, 3.05) is 11.4 Å². The van der Waals surface area contributed by atoms with E-state index in [9.17, 15) is 9.59 Å². The second-order valence-corrected chi connectivity index (χ2v) is 5.84. The lowest BCUT2D eigenvalue weighted by atomic mass is 10.1. The molecule has 5 heteroatoms. The Morgan fingerprint density at radius 3 is 2.62 bits per heavy atom. The number of nitrogens with two attached hydrogens (primary N) is 1. The molecule has 1 amide bonds. The summed E-state index contributed by atoms with van der Waals surface area (Å²) >= 11 is 0. The van der Waals surface area contributed by atoms with E-state index in [1.165, 1.54) is 4.90 Å². The standard InChI is InChI=1S/C19H20N2O3/c20-16-11-10-15-8-4-5-9-17(15)21(19(16)23)12-18(22)24-13-14-6-2-1-3-7-14/h1-9,16H,10-13,20H2/t16-/m0/s1. The minimum Gasteiger partial charge on any atom is -0.459 e. The number of esters is 1. The van der Waals surface area contributed by atoms with Crippen LogP contribution in [-0.4, -0.2) is 24.5 Å². The summed E-state index contributed by atoms with van der Waals surface area (Å²) in [6.07, 6.45) is 1.30. The highest BCUT2D eigenvalue weighted by Gasteiger charge is 2.29. The lowest BCUT2D eigenvalue weighted by Crippen LogP contribution is -2.45. The summed E-state index contributed by atoms with van der Waals surface area (Å²) in [5.74, 6) is -0.687. The average molecular weight is 324 g/mol. The Hall–Kier alpha value is -2.66. The summed E-state index contributed by atoms with van der Waals surface area (Å²) in [5.41, 5.74) is 8.62. The molecule has 1 aliphatic heterocycles. The molecule has 0 aliphatic carbocycles. The van der Waals surface area contributed by atoms with Crippen LogP contribution in [0, 0.1) is 0 Å². The molecule has 5 nitrogen and oxygen atoms in total. The maximum Gasteiger partial charge on any atom is 0.326 e. The van der Waals surface area contributed by atoms with Gasteiger partial charge in [0, 0.05) is 5.69 Å². The van der Waals surface area contributed by atoms with E-state index in [4.69, 9.17) is 10.5 Å². The number of rotatable bonds is 4. The molecule has 0 unspecified atom stereocenters. The van der Waals surface area contributed by atoms with Gasteiger partial charge in [0.1, 0.15) is 13.2 Å². The van der Waals surface area contributed by atoms with Gasteiger partial charge in [0.15, 0.2) is 0 Å². The van der Waals surface area contributed by atoms with Crippen LogP contribution in [0.2, 0.25) is 0 Å². The molecule has 0 bridgehead atoms. The molecule has 3 rings (SSSR count). The predicted octanol–water partition coefficient (Wildman–Crippen LogP) is 2.04. The number of carbonyl (C=O) groups is 2. The Bertz CT molecular complexity index is 730. The number of amides is 1. The van der Waals surface area contributed by atoms with Gasteiger partial charge in [0.25, 0.3) is 0 Å². The molecule has 1 atom stereocenters. The summed E-state index contributed by atoms with van der Waals surface area (Å²) in [7, 11) is 0. The van der Waals surface area contributed by atoms with E-state index in [0.29, 0.717) is 6.42 Å². The van der Waals surface area contributed by atoms with Crippen LogP contribution in [0.5, 0.6) is 0 Å². The van der Waals surface area contributed by atoms with Crippen molar-refractivity contribution in [1.82, 2.24) is 0 Å². The smallest absolute Gasteiger partial charge is 0.326 e. The first-order valence-electron chi connectivity index (χ1n) is 7.99. The van der Waals surface area contributed by atoms with Crippen LogP contribution in [0.15, 0.2) is 54.6 Å². The van der Waals surface area contributed by atoms with E-state index in [0.717, 1.165) is 23.2 Å². The van der Waals surface area contributed by atoms with Gasteiger partial charge < -0.3 is 10.5 Å². The second kappa shape index (κ2) is 7.27. The van der Waals surface area contributed by atoms with Crippen LogP contribution < -0.4 is 10.6 Å². The van der Waals surface area contributed by atoms with Crippen molar-refractivity contribution in [3.05, 3.63) is 65.7 Å². The van der Waals surface area contributed by atoms with Gasteiger partial charge in [0.2, 0.25) is 5.91 Å². The third-order valence-electron chi connectivity index (χ3n) is 4.12. The van der Waals surface area contributed by atoms with Gasteiger partial charge in [-0.25, -0.2) is 0 Å². The zero-order chi connectivity index (χ0) is 16.9. The van der Waals surface area contributed by atoms with Crippen LogP contribution in [0.25, 0.3) is 0 Å².